The molecule has 1 atom stereocenters. The number of aliphatic hydroxyl groups is 1. The molecule has 49 heavy (non-hydrogen) atoms. The van der Waals surface area contributed by atoms with Crippen LogP contribution in [0.2, 0.25) is 0 Å². The molecule has 2 aromatic carbocycles. The predicted octanol–water partition coefficient (Wildman–Crippen LogP) is -2.04. The fraction of sp³-hybridized carbons (Fsp3) is 0.267. The fourth-order valence-corrected chi connectivity index (χ4v) is 5.22. The van der Waals surface area contributed by atoms with E-state index < -0.39 is 34.2 Å². The van der Waals surface area contributed by atoms with Gasteiger partial charge in [-0.1, -0.05) is 17.5 Å². The Labute approximate surface area is 286 Å². The molecule has 6 N–H and O–H groups in total. The van der Waals surface area contributed by atoms with Gasteiger partial charge in [0.2, 0.25) is 11.9 Å². The Morgan fingerprint density at radius 2 is 1.84 bits per heavy atom. The van der Waals surface area contributed by atoms with Crippen LogP contribution < -0.4 is 42.2 Å². The maximum atomic E-state index is 14.0. The molecule has 244 valence electrons. The number of amides is 1. The van der Waals surface area contributed by atoms with Gasteiger partial charge in [0, 0.05) is 37.0 Å². The maximum Gasteiger partial charge on any atom is 0.279 e. The van der Waals surface area contributed by atoms with Crippen molar-refractivity contribution in [2.45, 2.75) is 5.62 Å². The highest BCUT2D eigenvalue weighted by Crippen LogP contribution is 2.39. The van der Waals surface area contributed by atoms with Gasteiger partial charge in [-0.05, 0) is 26.2 Å². The average molecular weight is 658 g/mol. The Morgan fingerprint density at radius 3 is 2.47 bits per heavy atom. The number of phenolic OH excluding ortho intramolecular Hbond substituents is 2. The van der Waals surface area contributed by atoms with Crippen molar-refractivity contribution in [2.75, 3.05) is 63.0 Å². The molecule has 1 amide bonds. The van der Waals surface area contributed by atoms with Gasteiger partial charge in [-0.3, -0.25) is 19.6 Å². The Kier molecular flexibility index (Phi) is 9.90. The smallest absolute Gasteiger partial charge is 0.279 e. The van der Waals surface area contributed by atoms with Gasteiger partial charge < -0.3 is 40.3 Å². The summed E-state index contributed by atoms with van der Waals surface area (Å²) in [4.78, 5) is 38.2. The lowest BCUT2D eigenvalue weighted by atomic mass is 9.68. The average Bonchev–Trinajstić information content (AvgIpc) is 3.43. The number of phenols is 2. The second-order valence-electron chi connectivity index (χ2n) is 11.2. The number of hydrogen-bond donors (Lipinski definition) is 6. The third-order valence-corrected chi connectivity index (χ3v) is 7.99. The van der Waals surface area contributed by atoms with Crippen molar-refractivity contribution in [1.82, 2.24) is 24.6 Å². The Balaban J connectivity index is 1.63. The van der Waals surface area contributed by atoms with Gasteiger partial charge in [-0.2, -0.15) is 4.98 Å². The highest BCUT2D eigenvalue weighted by Gasteiger charge is 2.36. The lowest BCUT2D eigenvalue weighted by Crippen LogP contribution is -2.46. The summed E-state index contributed by atoms with van der Waals surface area (Å²) in [5.41, 5.74) is -3.87. The maximum absolute atomic E-state index is 14.0. The number of methoxy groups -OCH3 is 1. The molecule has 0 saturated carbocycles. The van der Waals surface area contributed by atoms with Crippen LogP contribution >= 0.6 is 0 Å². The number of carbonyl (C=O) groups is 1. The standard InChI is InChI=1S/C30H30B4N8O7/c1-5-19(43)36-14-12-15(17(48-4)13-16(14)41-8-10-49-11-9-41)37-29-35-7-6-18(38-29)42-28(46)21(30(34,47)40(2)3)25(39-42)20-22(31)23(32)24(33)27(45)26(20)44/h5-7,12-13,39,44-45,47H,1,8-11H2,2-4H3,(H,36,43)(H,35,37,38). The summed E-state index contributed by atoms with van der Waals surface area (Å²) in [5, 5.41) is 41.2. The summed E-state index contributed by atoms with van der Waals surface area (Å²) in [6.07, 6.45) is 2.50. The summed E-state index contributed by atoms with van der Waals surface area (Å²) in [6, 6.07) is 4.78. The molecular weight excluding hydrogens is 628 g/mol. The van der Waals surface area contributed by atoms with Crippen LogP contribution in [-0.4, -0.2) is 125 Å². The Bertz CT molecular complexity index is 1960. The lowest BCUT2D eigenvalue weighted by Gasteiger charge is -2.31. The van der Waals surface area contributed by atoms with E-state index in [1.54, 1.807) is 12.1 Å². The van der Waals surface area contributed by atoms with Crippen LogP contribution in [0.15, 0.2) is 41.8 Å². The molecule has 0 bridgehead atoms. The van der Waals surface area contributed by atoms with E-state index >= 15 is 0 Å². The molecule has 1 fully saturated rings. The van der Waals surface area contributed by atoms with Crippen molar-refractivity contribution in [1.29, 1.82) is 0 Å². The van der Waals surface area contributed by atoms with Crippen LogP contribution in [0.4, 0.5) is 23.0 Å². The lowest BCUT2D eigenvalue weighted by molar-refractivity contribution is -0.111. The van der Waals surface area contributed by atoms with Crippen molar-refractivity contribution < 1.29 is 29.6 Å². The quantitative estimate of drug-likeness (QED) is 0.0475. The first-order valence-electron chi connectivity index (χ1n) is 14.7. The molecule has 1 saturated heterocycles. The van der Waals surface area contributed by atoms with Crippen molar-refractivity contribution in [2.24, 2.45) is 0 Å². The molecular formula is C30H30B4N8O7. The number of nitrogens with zero attached hydrogens (tertiary/aromatic N) is 5. The minimum Gasteiger partial charge on any atom is -0.505 e. The summed E-state index contributed by atoms with van der Waals surface area (Å²) >= 11 is 0. The first kappa shape index (κ1) is 35.2. The first-order chi connectivity index (χ1) is 23.2. The van der Waals surface area contributed by atoms with E-state index in [-0.39, 0.29) is 39.4 Å². The largest absolute Gasteiger partial charge is 0.505 e. The number of H-pyrrole nitrogens is 1. The van der Waals surface area contributed by atoms with Crippen LogP contribution in [0.1, 0.15) is 5.56 Å². The van der Waals surface area contributed by atoms with E-state index in [4.69, 9.17) is 40.9 Å². The topological polar surface area (TPSA) is 190 Å². The minimum absolute atomic E-state index is 0.00660. The fourth-order valence-electron chi connectivity index (χ4n) is 5.22. The van der Waals surface area contributed by atoms with Crippen molar-refractivity contribution in [3.8, 4) is 34.3 Å². The molecule has 1 aliphatic heterocycles. The molecule has 19 heteroatoms. The molecule has 0 aliphatic carbocycles. The third kappa shape index (κ3) is 6.51. The van der Waals surface area contributed by atoms with Gasteiger partial charge in [-0.15, -0.1) is 5.46 Å². The highest BCUT2D eigenvalue weighted by atomic mass is 16.5. The van der Waals surface area contributed by atoms with Gasteiger partial charge >= 0.3 is 0 Å². The second kappa shape index (κ2) is 13.8. The van der Waals surface area contributed by atoms with Crippen LogP contribution in [0, 0.1) is 0 Å². The van der Waals surface area contributed by atoms with Gasteiger partial charge in [-0.25, -0.2) is 9.67 Å². The molecule has 0 spiro atoms. The molecule has 3 heterocycles. The van der Waals surface area contributed by atoms with Gasteiger partial charge in [0.25, 0.3) is 5.56 Å². The third-order valence-electron chi connectivity index (χ3n) is 7.99. The van der Waals surface area contributed by atoms with Crippen molar-refractivity contribution in [3.63, 3.8) is 0 Å². The number of morpholine rings is 1. The number of nitrogens with one attached hydrogen (secondary N) is 3. The Morgan fingerprint density at radius 1 is 1.14 bits per heavy atom. The first-order valence-corrected chi connectivity index (χ1v) is 14.7. The molecule has 1 unspecified atom stereocenters. The predicted molar refractivity (Wildman–Crippen MR) is 188 cm³/mol. The number of rotatable bonds is 10. The molecule has 15 nitrogen and oxygen atoms in total. The van der Waals surface area contributed by atoms with E-state index in [2.05, 4.69) is 32.3 Å². The molecule has 4 aromatic rings. The van der Waals surface area contributed by atoms with Crippen molar-refractivity contribution in [3.05, 3.63) is 53.0 Å². The monoisotopic (exact) mass is 658 g/mol. The number of benzene rings is 2. The van der Waals surface area contributed by atoms with Gasteiger partial charge in [0.15, 0.2) is 11.6 Å². The number of anilines is 4. The SMILES string of the molecule is [B]c1c([B])c(O)c(O)c(-c2[nH]n(-c3ccnc(Nc4cc(NC(=O)C=C)c(N5CCOCC5)cc4OC)n3)c(=O)c2C([B])(O)N(C)C)c1[B]. The van der Waals surface area contributed by atoms with Crippen LogP contribution in [0.3, 0.4) is 0 Å². The number of carbonyl (C=O) groups excluding carboxylic acids is 1. The number of hydrogen-bond acceptors (Lipinski definition) is 12. The number of aromatic hydroxyl groups is 2. The van der Waals surface area contributed by atoms with E-state index in [0.717, 1.165) is 15.7 Å². The van der Waals surface area contributed by atoms with Crippen LogP contribution in [-0.2, 0) is 15.2 Å². The summed E-state index contributed by atoms with van der Waals surface area (Å²) in [7, 11) is 28.5. The molecule has 2 aromatic heterocycles. The molecule has 8 radical (unpaired) electrons. The highest BCUT2D eigenvalue weighted by molar-refractivity contribution is 6.59. The molecule has 1 aliphatic rings. The summed E-state index contributed by atoms with van der Waals surface area (Å²) < 4.78 is 12.1. The zero-order valence-corrected chi connectivity index (χ0v) is 26.9. The summed E-state index contributed by atoms with van der Waals surface area (Å²) in [5.74, 6) is -1.70. The van der Waals surface area contributed by atoms with Gasteiger partial charge in [0.05, 0.1) is 48.6 Å². The zero-order valence-electron chi connectivity index (χ0n) is 26.9. The zero-order chi connectivity index (χ0) is 35.8. The number of aromatic nitrogens is 4. The Hall–Kier alpha value is -5.12. The van der Waals surface area contributed by atoms with Crippen LogP contribution in [0.5, 0.6) is 17.2 Å². The van der Waals surface area contributed by atoms with E-state index in [9.17, 15) is 24.9 Å². The number of ether oxygens (including phenoxy) is 2. The summed E-state index contributed by atoms with van der Waals surface area (Å²) in [6.45, 7) is 5.73. The van der Waals surface area contributed by atoms with E-state index in [1.165, 1.54) is 33.5 Å². The van der Waals surface area contributed by atoms with E-state index in [0.29, 0.717) is 49.1 Å². The molecule has 5 rings (SSSR count). The second-order valence-corrected chi connectivity index (χ2v) is 11.2. The van der Waals surface area contributed by atoms with E-state index in [1.807, 2.05) is 4.90 Å². The number of aromatic amines is 1. The minimum atomic E-state index is -2.44. The van der Waals surface area contributed by atoms with Crippen molar-refractivity contribution >= 4 is 76.7 Å². The van der Waals surface area contributed by atoms with Gasteiger partial charge in [0.1, 0.15) is 48.5 Å². The van der Waals surface area contributed by atoms with Crippen LogP contribution in [0.25, 0.3) is 17.1 Å². The normalized spacial score (nSPS) is 14.3.